The number of nitrogens with one attached hydrogen (secondary N) is 1. The Labute approximate surface area is 110 Å². The number of ether oxygens (including phenoxy) is 1. The van der Waals surface area contributed by atoms with Crippen LogP contribution in [0.25, 0.3) is 0 Å². The van der Waals surface area contributed by atoms with Crippen molar-refractivity contribution in [2.75, 3.05) is 20.1 Å². The zero-order valence-electron chi connectivity index (χ0n) is 12.0. The summed E-state index contributed by atoms with van der Waals surface area (Å²) < 4.78 is 5.45. The molecule has 2 rings (SSSR count). The fourth-order valence-corrected chi connectivity index (χ4v) is 3.21. The van der Waals surface area contributed by atoms with Crippen LogP contribution in [-0.2, 0) is 4.74 Å². The molecule has 0 aromatic carbocycles. The molecule has 0 radical (unpaired) electrons. The van der Waals surface area contributed by atoms with Crippen molar-refractivity contribution >= 4 is 6.09 Å². The maximum atomic E-state index is 12.0. The Morgan fingerprint density at radius 3 is 2.56 bits per heavy atom. The lowest BCUT2D eigenvalue weighted by Crippen LogP contribution is -2.44. The molecule has 3 unspecified atom stereocenters. The van der Waals surface area contributed by atoms with Crippen molar-refractivity contribution in [3.63, 3.8) is 0 Å². The minimum Gasteiger partial charge on any atom is -0.444 e. The summed E-state index contributed by atoms with van der Waals surface area (Å²) in [4.78, 5) is 13.9. The van der Waals surface area contributed by atoms with E-state index >= 15 is 0 Å². The third-order valence-electron chi connectivity index (χ3n) is 4.13. The number of fused-ring (bicyclic) bond motifs is 1. The monoisotopic (exact) mass is 254 g/mol. The second-order valence-electron chi connectivity index (χ2n) is 6.69. The molecular weight excluding hydrogens is 228 g/mol. The Hall–Kier alpha value is -0.770. The highest BCUT2D eigenvalue weighted by atomic mass is 16.6. The standard InChI is InChI=1S/C14H26N2O2/c1-14(2,3)18-13(17)16-6-5-10-7-12(15-4)8-11(10)9-16/h10-12,15H,5-9H2,1-4H3. The van der Waals surface area contributed by atoms with E-state index in [1.165, 1.54) is 12.8 Å². The molecule has 18 heavy (non-hydrogen) atoms. The molecular formula is C14H26N2O2. The zero-order chi connectivity index (χ0) is 13.3. The van der Waals surface area contributed by atoms with E-state index in [1.54, 1.807) is 0 Å². The van der Waals surface area contributed by atoms with Gasteiger partial charge in [-0.25, -0.2) is 4.79 Å². The van der Waals surface area contributed by atoms with Gasteiger partial charge in [-0.05, 0) is 58.9 Å². The van der Waals surface area contributed by atoms with E-state index in [4.69, 9.17) is 4.74 Å². The molecule has 1 saturated carbocycles. The minimum atomic E-state index is -0.392. The summed E-state index contributed by atoms with van der Waals surface area (Å²) in [5.41, 5.74) is -0.392. The largest absolute Gasteiger partial charge is 0.444 e. The number of carbonyl (C=O) groups is 1. The van der Waals surface area contributed by atoms with Gasteiger partial charge in [0.15, 0.2) is 0 Å². The van der Waals surface area contributed by atoms with Gasteiger partial charge in [-0.15, -0.1) is 0 Å². The lowest BCUT2D eigenvalue weighted by atomic mass is 9.89. The predicted octanol–water partition coefficient (Wildman–Crippen LogP) is 2.24. The quantitative estimate of drug-likeness (QED) is 0.780. The molecule has 4 nitrogen and oxygen atoms in total. The first-order valence-electron chi connectivity index (χ1n) is 7.04. The van der Waals surface area contributed by atoms with Crippen molar-refractivity contribution in [3.8, 4) is 0 Å². The third-order valence-corrected chi connectivity index (χ3v) is 4.13. The van der Waals surface area contributed by atoms with E-state index in [0.29, 0.717) is 12.0 Å². The first-order chi connectivity index (χ1) is 8.39. The van der Waals surface area contributed by atoms with Crippen molar-refractivity contribution < 1.29 is 9.53 Å². The molecule has 1 saturated heterocycles. The van der Waals surface area contributed by atoms with Crippen LogP contribution in [0.3, 0.4) is 0 Å². The predicted molar refractivity (Wildman–Crippen MR) is 71.5 cm³/mol. The van der Waals surface area contributed by atoms with Crippen molar-refractivity contribution in [2.45, 2.75) is 51.7 Å². The zero-order valence-corrected chi connectivity index (χ0v) is 12.0. The first-order valence-corrected chi connectivity index (χ1v) is 7.04. The molecule has 4 heteroatoms. The average molecular weight is 254 g/mol. The Kier molecular flexibility index (Phi) is 3.85. The number of nitrogens with zero attached hydrogens (tertiary/aromatic N) is 1. The van der Waals surface area contributed by atoms with Crippen LogP contribution >= 0.6 is 0 Å². The fourth-order valence-electron chi connectivity index (χ4n) is 3.21. The molecule has 3 atom stereocenters. The van der Waals surface area contributed by atoms with Crippen molar-refractivity contribution in [1.82, 2.24) is 10.2 Å². The van der Waals surface area contributed by atoms with Gasteiger partial charge >= 0.3 is 6.09 Å². The second-order valence-corrected chi connectivity index (χ2v) is 6.69. The highest BCUT2D eigenvalue weighted by Crippen LogP contribution is 2.38. The number of hydrogen-bond acceptors (Lipinski definition) is 3. The minimum absolute atomic E-state index is 0.145. The highest BCUT2D eigenvalue weighted by Gasteiger charge is 2.39. The number of amides is 1. The first kappa shape index (κ1) is 13.7. The summed E-state index contributed by atoms with van der Waals surface area (Å²) in [6.45, 7) is 7.49. The molecule has 0 spiro atoms. The summed E-state index contributed by atoms with van der Waals surface area (Å²) in [7, 11) is 2.04. The van der Waals surface area contributed by atoms with Gasteiger partial charge in [0.25, 0.3) is 0 Å². The van der Waals surface area contributed by atoms with E-state index in [2.05, 4.69) is 5.32 Å². The Morgan fingerprint density at radius 1 is 1.28 bits per heavy atom. The average Bonchev–Trinajstić information content (AvgIpc) is 2.68. The van der Waals surface area contributed by atoms with E-state index in [0.717, 1.165) is 25.4 Å². The van der Waals surface area contributed by atoms with Gasteiger partial charge in [-0.3, -0.25) is 0 Å². The summed E-state index contributed by atoms with van der Waals surface area (Å²) in [5.74, 6) is 1.45. The van der Waals surface area contributed by atoms with Crippen LogP contribution in [0.5, 0.6) is 0 Å². The number of likely N-dealkylation sites (tertiary alicyclic amines) is 1. The molecule has 1 aliphatic heterocycles. The van der Waals surface area contributed by atoms with E-state index in [-0.39, 0.29) is 6.09 Å². The number of rotatable bonds is 1. The highest BCUT2D eigenvalue weighted by molar-refractivity contribution is 5.68. The lowest BCUT2D eigenvalue weighted by molar-refractivity contribution is 0.0127. The Balaban J connectivity index is 1.89. The molecule has 2 aliphatic rings. The molecule has 1 N–H and O–H groups in total. The van der Waals surface area contributed by atoms with Gasteiger partial charge in [-0.1, -0.05) is 0 Å². The van der Waals surface area contributed by atoms with Crippen molar-refractivity contribution in [3.05, 3.63) is 0 Å². The number of hydrogen-bond donors (Lipinski definition) is 1. The smallest absolute Gasteiger partial charge is 0.410 e. The molecule has 104 valence electrons. The van der Waals surface area contributed by atoms with Crippen LogP contribution in [-0.4, -0.2) is 42.8 Å². The maximum Gasteiger partial charge on any atom is 0.410 e. The molecule has 0 aromatic heterocycles. The SMILES string of the molecule is CNC1CC2CCN(C(=O)OC(C)(C)C)CC2C1. The Bertz CT molecular complexity index is 311. The van der Waals surface area contributed by atoms with Gasteiger partial charge in [0.05, 0.1) is 0 Å². The second kappa shape index (κ2) is 5.08. The van der Waals surface area contributed by atoms with Crippen LogP contribution < -0.4 is 5.32 Å². The number of carbonyl (C=O) groups excluding carboxylic acids is 1. The fraction of sp³-hybridized carbons (Fsp3) is 0.929. The lowest BCUT2D eigenvalue weighted by Gasteiger charge is -2.35. The molecule has 1 amide bonds. The summed E-state index contributed by atoms with van der Waals surface area (Å²) in [6.07, 6.45) is 3.44. The molecule has 0 aromatic rings. The topological polar surface area (TPSA) is 41.6 Å². The van der Waals surface area contributed by atoms with Crippen LogP contribution in [0, 0.1) is 11.8 Å². The van der Waals surface area contributed by atoms with Gasteiger partial charge in [0, 0.05) is 19.1 Å². The van der Waals surface area contributed by atoms with Crippen LogP contribution in [0.15, 0.2) is 0 Å². The maximum absolute atomic E-state index is 12.0. The van der Waals surface area contributed by atoms with Crippen molar-refractivity contribution in [2.24, 2.45) is 11.8 Å². The summed E-state index contributed by atoms with van der Waals surface area (Å²) in [5, 5.41) is 3.37. The van der Waals surface area contributed by atoms with Gasteiger partial charge < -0.3 is 15.0 Å². The number of piperidine rings is 1. The third kappa shape index (κ3) is 3.16. The molecule has 0 bridgehead atoms. The van der Waals surface area contributed by atoms with Crippen LogP contribution in [0.4, 0.5) is 4.79 Å². The molecule has 1 heterocycles. The van der Waals surface area contributed by atoms with Crippen LogP contribution in [0.2, 0.25) is 0 Å². The normalized spacial score (nSPS) is 32.2. The summed E-state index contributed by atoms with van der Waals surface area (Å²) in [6, 6.07) is 0.638. The van der Waals surface area contributed by atoms with Gasteiger partial charge in [-0.2, -0.15) is 0 Å². The summed E-state index contributed by atoms with van der Waals surface area (Å²) >= 11 is 0. The van der Waals surface area contributed by atoms with Crippen molar-refractivity contribution in [1.29, 1.82) is 0 Å². The van der Waals surface area contributed by atoms with Crippen LogP contribution in [0.1, 0.15) is 40.0 Å². The van der Waals surface area contributed by atoms with E-state index in [1.807, 2.05) is 32.7 Å². The van der Waals surface area contributed by atoms with E-state index < -0.39 is 5.60 Å². The van der Waals surface area contributed by atoms with Gasteiger partial charge in [0.2, 0.25) is 0 Å². The molecule has 2 fully saturated rings. The molecule has 1 aliphatic carbocycles. The van der Waals surface area contributed by atoms with Gasteiger partial charge in [0.1, 0.15) is 5.60 Å². The Morgan fingerprint density at radius 2 is 1.94 bits per heavy atom. The van der Waals surface area contributed by atoms with E-state index in [9.17, 15) is 4.79 Å².